The van der Waals surface area contributed by atoms with Gasteiger partial charge < -0.3 is 14.6 Å². The molecule has 0 spiro atoms. The lowest BCUT2D eigenvalue weighted by molar-refractivity contribution is -0.121. The molecule has 0 saturated carbocycles. The number of anilines is 1. The fourth-order valence-corrected chi connectivity index (χ4v) is 3.64. The van der Waals surface area contributed by atoms with Gasteiger partial charge in [0.1, 0.15) is 12.3 Å². The van der Waals surface area contributed by atoms with Crippen molar-refractivity contribution in [2.75, 3.05) is 11.9 Å². The minimum Gasteiger partial charge on any atom is -0.365 e. The van der Waals surface area contributed by atoms with Gasteiger partial charge >= 0.3 is 0 Å². The van der Waals surface area contributed by atoms with Crippen LogP contribution >= 0.6 is 22.9 Å². The van der Waals surface area contributed by atoms with Crippen molar-refractivity contribution in [2.45, 2.75) is 20.1 Å². The minimum absolute atomic E-state index is 0.107. The molecular formula is C21H19ClN4O3S. The van der Waals surface area contributed by atoms with Crippen molar-refractivity contribution in [3.05, 3.63) is 75.9 Å². The summed E-state index contributed by atoms with van der Waals surface area (Å²) in [6.45, 7) is 2.61. The molecule has 3 aromatic heterocycles. The van der Waals surface area contributed by atoms with Crippen molar-refractivity contribution in [1.29, 1.82) is 0 Å². The molecule has 9 heteroatoms. The second-order valence-corrected chi connectivity index (χ2v) is 8.04. The molecule has 7 nitrogen and oxygen atoms in total. The molecule has 0 aliphatic heterocycles. The number of carbonyl (C=O) groups is 1. The highest BCUT2D eigenvalue weighted by Gasteiger charge is 2.11. The summed E-state index contributed by atoms with van der Waals surface area (Å²) in [5.74, 6) is 0.888. The first-order chi connectivity index (χ1) is 14.6. The van der Waals surface area contributed by atoms with E-state index >= 15 is 0 Å². The largest absolute Gasteiger partial charge is 0.365 e. The molecular weight excluding hydrogens is 424 g/mol. The van der Waals surface area contributed by atoms with Crippen LogP contribution in [0.5, 0.6) is 0 Å². The van der Waals surface area contributed by atoms with Crippen LogP contribution in [0.25, 0.3) is 10.6 Å². The maximum absolute atomic E-state index is 12.2. The predicted molar refractivity (Wildman–Crippen MR) is 116 cm³/mol. The maximum atomic E-state index is 12.2. The normalized spacial score (nSPS) is 11.0. The summed E-state index contributed by atoms with van der Waals surface area (Å²) in [4.78, 5) is 13.2. The molecule has 0 atom stereocenters. The number of benzene rings is 1. The molecule has 1 amide bonds. The molecule has 0 unspecified atom stereocenters. The molecule has 154 valence electrons. The number of aromatic nitrogens is 3. The van der Waals surface area contributed by atoms with Crippen molar-refractivity contribution in [3.63, 3.8) is 0 Å². The van der Waals surface area contributed by atoms with E-state index in [0.717, 1.165) is 16.1 Å². The van der Waals surface area contributed by atoms with Crippen molar-refractivity contribution in [1.82, 2.24) is 14.9 Å². The number of hydrogen-bond donors (Lipinski definition) is 1. The molecule has 4 aromatic rings. The molecule has 1 N–H and O–H groups in total. The van der Waals surface area contributed by atoms with Crippen LogP contribution in [-0.4, -0.2) is 27.5 Å². The molecule has 0 aliphatic rings. The molecule has 0 saturated heterocycles. The van der Waals surface area contributed by atoms with Gasteiger partial charge in [0, 0.05) is 22.8 Å². The summed E-state index contributed by atoms with van der Waals surface area (Å²) in [6.07, 6.45) is 0. The molecule has 0 radical (unpaired) electrons. The van der Waals surface area contributed by atoms with E-state index in [9.17, 15) is 4.79 Å². The van der Waals surface area contributed by atoms with Crippen LogP contribution in [0, 0.1) is 6.92 Å². The average Bonchev–Trinajstić information content (AvgIpc) is 3.46. The monoisotopic (exact) mass is 442 g/mol. The molecule has 30 heavy (non-hydrogen) atoms. The van der Waals surface area contributed by atoms with Crippen LogP contribution in [-0.2, 0) is 22.7 Å². The molecule has 1 aromatic carbocycles. The summed E-state index contributed by atoms with van der Waals surface area (Å²) >= 11 is 7.49. The molecule has 0 fully saturated rings. The Morgan fingerprint density at radius 3 is 2.87 bits per heavy atom. The maximum Gasteiger partial charge on any atom is 0.251 e. The Hall–Kier alpha value is -2.94. The SMILES string of the molecule is Cc1cc(NC(=O)COCc2cc(-c3cccs3)on2)nn1Cc1ccc(Cl)cc1. The van der Waals surface area contributed by atoms with Gasteiger partial charge in [-0.25, -0.2) is 0 Å². The Balaban J connectivity index is 1.26. The Morgan fingerprint density at radius 2 is 2.10 bits per heavy atom. The number of carbonyl (C=O) groups excluding carboxylic acids is 1. The number of nitrogens with one attached hydrogen (secondary N) is 1. The van der Waals surface area contributed by atoms with E-state index < -0.39 is 0 Å². The number of aryl methyl sites for hydroxylation is 1. The van der Waals surface area contributed by atoms with Gasteiger partial charge in [-0.15, -0.1) is 11.3 Å². The fourth-order valence-electron chi connectivity index (χ4n) is 2.84. The van der Waals surface area contributed by atoms with Crippen LogP contribution in [0.3, 0.4) is 0 Å². The first-order valence-electron chi connectivity index (χ1n) is 9.23. The van der Waals surface area contributed by atoms with Crippen LogP contribution in [0.1, 0.15) is 17.0 Å². The molecule has 4 rings (SSSR count). The third-order valence-corrected chi connectivity index (χ3v) is 5.44. The summed E-state index contributed by atoms with van der Waals surface area (Å²) in [5.41, 5.74) is 2.64. The number of amides is 1. The van der Waals surface area contributed by atoms with Crippen LogP contribution in [0.15, 0.2) is 58.4 Å². The summed E-state index contributed by atoms with van der Waals surface area (Å²) in [7, 11) is 0. The predicted octanol–water partition coefficient (Wildman–Crippen LogP) is 4.77. The summed E-state index contributed by atoms with van der Waals surface area (Å²) < 4.78 is 12.6. The second-order valence-electron chi connectivity index (χ2n) is 6.66. The van der Waals surface area contributed by atoms with E-state index in [-0.39, 0.29) is 19.1 Å². The zero-order valence-corrected chi connectivity index (χ0v) is 17.7. The third kappa shape index (κ3) is 5.15. The van der Waals surface area contributed by atoms with Crippen LogP contribution in [0.2, 0.25) is 5.02 Å². The number of nitrogens with zero attached hydrogens (tertiary/aromatic N) is 3. The van der Waals surface area contributed by atoms with Gasteiger partial charge in [-0.1, -0.05) is 35.0 Å². The van der Waals surface area contributed by atoms with E-state index in [0.29, 0.717) is 28.8 Å². The fraction of sp³-hybridized carbons (Fsp3) is 0.190. The van der Waals surface area contributed by atoms with Gasteiger partial charge in [-0.2, -0.15) is 5.10 Å². The molecule has 3 heterocycles. The zero-order valence-electron chi connectivity index (χ0n) is 16.2. The van der Waals surface area contributed by atoms with Crippen LogP contribution < -0.4 is 5.32 Å². The first-order valence-corrected chi connectivity index (χ1v) is 10.5. The van der Waals surface area contributed by atoms with Gasteiger partial charge in [0.2, 0.25) is 0 Å². The zero-order chi connectivity index (χ0) is 20.9. The van der Waals surface area contributed by atoms with Crippen molar-refractivity contribution in [3.8, 4) is 10.6 Å². The minimum atomic E-state index is -0.284. The van der Waals surface area contributed by atoms with Crippen molar-refractivity contribution in [2.24, 2.45) is 0 Å². The van der Waals surface area contributed by atoms with Crippen LogP contribution in [0.4, 0.5) is 5.82 Å². The number of rotatable bonds is 8. The Morgan fingerprint density at radius 1 is 1.27 bits per heavy atom. The summed E-state index contributed by atoms with van der Waals surface area (Å²) in [5, 5.41) is 13.8. The van der Waals surface area contributed by atoms with E-state index in [1.807, 2.05) is 65.5 Å². The van der Waals surface area contributed by atoms with Gasteiger partial charge in [0.25, 0.3) is 5.91 Å². The first kappa shape index (κ1) is 20.3. The van der Waals surface area contributed by atoms with Gasteiger partial charge in [-0.05, 0) is 36.1 Å². The Kier molecular flexibility index (Phi) is 6.27. The topological polar surface area (TPSA) is 82.2 Å². The number of hydrogen-bond acceptors (Lipinski definition) is 6. The van der Waals surface area contributed by atoms with Gasteiger partial charge in [0.05, 0.1) is 18.0 Å². The quantitative estimate of drug-likeness (QED) is 0.425. The smallest absolute Gasteiger partial charge is 0.251 e. The third-order valence-electron chi connectivity index (χ3n) is 4.30. The number of ether oxygens (including phenoxy) is 1. The number of halogens is 1. The number of thiophene rings is 1. The van der Waals surface area contributed by atoms with E-state index in [4.69, 9.17) is 20.9 Å². The standard InChI is InChI=1S/C21H19ClN4O3S/c1-14-9-20(24-26(14)11-15-4-6-16(22)7-5-15)23-21(27)13-28-12-17-10-18(29-25-17)19-3-2-8-30-19/h2-10H,11-13H2,1H3,(H,23,24,27). The van der Waals surface area contributed by atoms with E-state index in [1.54, 1.807) is 11.3 Å². The summed E-state index contributed by atoms with van der Waals surface area (Å²) in [6, 6.07) is 15.1. The van der Waals surface area contributed by atoms with E-state index in [1.165, 1.54) is 0 Å². The van der Waals surface area contributed by atoms with Gasteiger partial charge in [-0.3, -0.25) is 9.48 Å². The Labute approximate surface area is 182 Å². The molecule has 0 aliphatic carbocycles. The van der Waals surface area contributed by atoms with Crippen molar-refractivity contribution < 1.29 is 14.1 Å². The average molecular weight is 443 g/mol. The van der Waals surface area contributed by atoms with E-state index in [2.05, 4.69) is 15.6 Å². The lowest BCUT2D eigenvalue weighted by atomic mass is 10.2. The second kappa shape index (κ2) is 9.25. The van der Waals surface area contributed by atoms with Crippen molar-refractivity contribution >= 4 is 34.7 Å². The Bertz CT molecular complexity index is 1120. The lowest BCUT2D eigenvalue weighted by Gasteiger charge is -2.05. The lowest BCUT2D eigenvalue weighted by Crippen LogP contribution is -2.18. The highest BCUT2D eigenvalue weighted by atomic mass is 35.5. The highest BCUT2D eigenvalue weighted by Crippen LogP contribution is 2.25. The molecule has 0 bridgehead atoms. The van der Waals surface area contributed by atoms with Gasteiger partial charge in [0.15, 0.2) is 11.6 Å². The highest BCUT2D eigenvalue weighted by molar-refractivity contribution is 7.13.